The summed E-state index contributed by atoms with van der Waals surface area (Å²) in [6, 6.07) is 9.71. The van der Waals surface area contributed by atoms with Gasteiger partial charge in [-0.25, -0.2) is 4.39 Å². The zero-order valence-corrected chi connectivity index (χ0v) is 10.9. The molecule has 0 bridgehead atoms. The fraction of sp³-hybridized carbons (Fsp3) is 0.0833. The highest BCUT2D eigenvalue weighted by Gasteiger charge is 2.04. The van der Waals surface area contributed by atoms with Crippen LogP contribution in [0, 0.1) is 20.9 Å². The van der Waals surface area contributed by atoms with Gasteiger partial charge in [0.25, 0.3) is 0 Å². The average molecular weight is 342 g/mol. The second-order valence-corrected chi connectivity index (χ2v) is 4.42. The third-order valence-electron chi connectivity index (χ3n) is 2.18. The molecule has 0 aliphatic rings. The maximum absolute atomic E-state index is 12.9. The Hall–Kier alpha value is -1.55. The number of rotatable bonds is 3. The molecule has 1 aromatic heterocycles. The fourth-order valence-corrected chi connectivity index (χ4v) is 1.85. The lowest BCUT2D eigenvalue weighted by molar-refractivity contribution is 0.493. The van der Waals surface area contributed by atoms with E-state index in [2.05, 4.69) is 27.9 Å². The van der Waals surface area contributed by atoms with Gasteiger partial charge >= 0.3 is 0 Å². The molecule has 1 aromatic carbocycles. The molecule has 5 heteroatoms. The van der Waals surface area contributed by atoms with Crippen molar-refractivity contribution in [3.8, 4) is 6.07 Å². The third kappa shape index (κ3) is 2.97. The molecule has 0 saturated carbocycles. The minimum absolute atomic E-state index is 0.284. The standard InChI is InChI=1S/C12H8FIN2O/c13-9-1-3-11(8(5-9)6-15)16-7-10-2-4-12(14)17-10/h1-5,16H,7H2. The Kier molecular flexibility index (Phi) is 3.64. The normalized spacial score (nSPS) is 9.94. The van der Waals surface area contributed by atoms with Crippen molar-refractivity contribution >= 4 is 28.3 Å². The van der Waals surface area contributed by atoms with Crippen molar-refractivity contribution in [2.24, 2.45) is 0 Å². The van der Waals surface area contributed by atoms with Gasteiger partial charge in [0.2, 0.25) is 0 Å². The maximum Gasteiger partial charge on any atom is 0.164 e. The quantitative estimate of drug-likeness (QED) is 0.869. The first-order valence-corrected chi connectivity index (χ1v) is 5.94. The highest BCUT2D eigenvalue weighted by atomic mass is 127. The molecule has 0 unspecified atom stereocenters. The summed E-state index contributed by atoms with van der Waals surface area (Å²) in [6.45, 7) is 0.462. The number of hydrogen-bond acceptors (Lipinski definition) is 3. The van der Waals surface area contributed by atoms with E-state index in [1.54, 1.807) is 6.07 Å². The molecule has 86 valence electrons. The molecule has 17 heavy (non-hydrogen) atoms. The number of furan rings is 1. The molecule has 2 aromatic rings. The van der Waals surface area contributed by atoms with E-state index in [4.69, 9.17) is 9.68 Å². The van der Waals surface area contributed by atoms with Gasteiger partial charge in [-0.3, -0.25) is 0 Å². The molecular weight excluding hydrogens is 334 g/mol. The van der Waals surface area contributed by atoms with Crippen LogP contribution in [0.3, 0.4) is 0 Å². The molecular formula is C12H8FIN2O. The van der Waals surface area contributed by atoms with Crippen LogP contribution in [0.4, 0.5) is 10.1 Å². The molecule has 0 amide bonds. The van der Waals surface area contributed by atoms with Crippen LogP contribution in [0.1, 0.15) is 11.3 Å². The summed E-state index contributed by atoms with van der Waals surface area (Å²) in [5, 5.41) is 11.9. The Bertz CT molecular complexity index is 574. The molecule has 1 N–H and O–H groups in total. The first kappa shape index (κ1) is 11.9. The van der Waals surface area contributed by atoms with Gasteiger partial charge in [0.1, 0.15) is 17.6 Å². The largest absolute Gasteiger partial charge is 0.454 e. The van der Waals surface area contributed by atoms with Gasteiger partial charge in [-0.2, -0.15) is 5.26 Å². The van der Waals surface area contributed by atoms with Crippen LogP contribution in [0.25, 0.3) is 0 Å². The van der Waals surface area contributed by atoms with Crippen molar-refractivity contribution < 1.29 is 8.81 Å². The smallest absolute Gasteiger partial charge is 0.164 e. The Morgan fingerprint density at radius 3 is 2.82 bits per heavy atom. The average Bonchev–Trinajstić information content (AvgIpc) is 2.73. The van der Waals surface area contributed by atoms with E-state index in [0.717, 1.165) is 9.53 Å². The summed E-state index contributed by atoms with van der Waals surface area (Å²) in [4.78, 5) is 0. The van der Waals surface area contributed by atoms with Gasteiger partial charge in [-0.15, -0.1) is 0 Å². The highest BCUT2D eigenvalue weighted by molar-refractivity contribution is 14.1. The lowest BCUT2D eigenvalue weighted by Gasteiger charge is -2.06. The van der Waals surface area contributed by atoms with E-state index >= 15 is 0 Å². The minimum Gasteiger partial charge on any atom is -0.454 e. The Morgan fingerprint density at radius 2 is 2.18 bits per heavy atom. The predicted octanol–water partition coefficient (Wildman–Crippen LogP) is 3.51. The number of nitrogens with one attached hydrogen (secondary N) is 1. The molecule has 0 aliphatic heterocycles. The van der Waals surface area contributed by atoms with E-state index in [9.17, 15) is 4.39 Å². The number of hydrogen-bond donors (Lipinski definition) is 1. The molecule has 0 saturated heterocycles. The van der Waals surface area contributed by atoms with Crippen molar-refractivity contribution in [1.29, 1.82) is 5.26 Å². The molecule has 1 heterocycles. The Morgan fingerprint density at radius 1 is 1.35 bits per heavy atom. The van der Waals surface area contributed by atoms with Gasteiger partial charge in [-0.05, 0) is 52.9 Å². The Labute approximate surface area is 111 Å². The lowest BCUT2D eigenvalue weighted by atomic mass is 10.2. The summed E-state index contributed by atoms with van der Waals surface area (Å²) >= 11 is 2.08. The van der Waals surface area contributed by atoms with E-state index in [0.29, 0.717) is 12.2 Å². The van der Waals surface area contributed by atoms with Gasteiger partial charge < -0.3 is 9.73 Å². The zero-order valence-electron chi connectivity index (χ0n) is 8.71. The van der Waals surface area contributed by atoms with E-state index in [-0.39, 0.29) is 5.56 Å². The van der Waals surface area contributed by atoms with E-state index < -0.39 is 5.82 Å². The highest BCUT2D eigenvalue weighted by Crippen LogP contribution is 2.18. The molecule has 0 aliphatic carbocycles. The second-order valence-electron chi connectivity index (χ2n) is 3.36. The third-order valence-corrected chi connectivity index (χ3v) is 2.76. The number of nitriles is 1. The summed E-state index contributed by atoms with van der Waals surface area (Å²) in [6.07, 6.45) is 0. The van der Waals surface area contributed by atoms with Gasteiger partial charge in [0.15, 0.2) is 3.77 Å². The monoisotopic (exact) mass is 342 g/mol. The fourth-order valence-electron chi connectivity index (χ4n) is 1.39. The predicted molar refractivity (Wildman–Crippen MR) is 69.9 cm³/mol. The summed E-state index contributed by atoms with van der Waals surface area (Å²) in [7, 11) is 0. The SMILES string of the molecule is N#Cc1cc(F)ccc1NCc1ccc(I)o1. The molecule has 3 nitrogen and oxygen atoms in total. The van der Waals surface area contributed by atoms with Crippen molar-refractivity contribution in [3.63, 3.8) is 0 Å². The van der Waals surface area contributed by atoms with Crippen molar-refractivity contribution in [2.75, 3.05) is 5.32 Å². The van der Waals surface area contributed by atoms with Crippen molar-refractivity contribution in [2.45, 2.75) is 6.54 Å². The number of benzene rings is 1. The first-order chi connectivity index (χ1) is 8.19. The van der Waals surface area contributed by atoms with Gasteiger partial charge in [-0.1, -0.05) is 0 Å². The summed E-state index contributed by atoms with van der Waals surface area (Å²) in [5.41, 5.74) is 0.881. The molecule has 0 fully saturated rings. The van der Waals surface area contributed by atoms with Crippen LogP contribution in [0.5, 0.6) is 0 Å². The van der Waals surface area contributed by atoms with E-state index in [1.807, 2.05) is 18.2 Å². The zero-order chi connectivity index (χ0) is 12.3. The Balaban J connectivity index is 2.12. The molecule has 0 atom stereocenters. The summed E-state index contributed by atoms with van der Waals surface area (Å²) < 4.78 is 19.1. The van der Waals surface area contributed by atoms with Gasteiger partial charge in [0.05, 0.1) is 17.8 Å². The van der Waals surface area contributed by atoms with Crippen LogP contribution in [0.15, 0.2) is 34.7 Å². The lowest BCUT2D eigenvalue weighted by Crippen LogP contribution is -2.00. The summed E-state index contributed by atoms with van der Waals surface area (Å²) in [5.74, 6) is 0.349. The van der Waals surface area contributed by atoms with Gasteiger partial charge in [0, 0.05) is 0 Å². The number of nitrogens with zero attached hydrogens (tertiary/aromatic N) is 1. The number of anilines is 1. The minimum atomic E-state index is -0.417. The van der Waals surface area contributed by atoms with Crippen LogP contribution in [-0.2, 0) is 6.54 Å². The maximum atomic E-state index is 12.9. The van der Waals surface area contributed by atoms with Crippen LogP contribution < -0.4 is 5.32 Å². The van der Waals surface area contributed by atoms with Crippen molar-refractivity contribution in [1.82, 2.24) is 0 Å². The topological polar surface area (TPSA) is 49.0 Å². The van der Waals surface area contributed by atoms with E-state index in [1.165, 1.54) is 12.1 Å². The molecule has 2 rings (SSSR count). The molecule has 0 spiro atoms. The van der Waals surface area contributed by atoms with Crippen LogP contribution in [-0.4, -0.2) is 0 Å². The number of halogens is 2. The second kappa shape index (κ2) is 5.19. The first-order valence-electron chi connectivity index (χ1n) is 4.87. The van der Waals surface area contributed by atoms with Crippen LogP contribution in [0.2, 0.25) is 0 Å². The molecule has 0 radical (unpaired) electrons. The van der Waals surface area contributed by atoms with Crippen LogP contribution >= 0.6 is 22.6 Å². The van der Waals surface area contributed by atoms with Crippen molar-refractivity contribution in [3.05, 3.63) is 51.2 Å².